The molecule has 3 aromatic carbocycles. The summed E-state index contributed by atoms with van der Waals surface area (Å²) in [7, 11) is 2.03. The summed E-state index contributed by atoms with van der Waals surface area (Å²) in [6, 6.07) is 23.2. The highest BCUT2D eigenvalue weighted by Crippen LogP contribution is 2.24. The number of aryl methyl sites for hydroxylation is 1. The first kappa shape index (κ1) is 11.2. The van der Waals surface area contributed by atoms with Crippen molar-refractivity contribution in [1.82, 2.24) is 4.57 Å². The van der Waals surface area contributed by atoms with Crippen LogP contribution in [0.1, 0.15) is 0 Å². The van der Waals surface area contributed by atoms with Gasteiger partial charge in [-0.2, -0.15) is 0 Å². The van der Waals surface area contributed by atoms with Gasteiger partial charge in [0.15, 0.2) is 0 Å². The molecule has 4 rings (SSSR count). The Balaban J connectivity index is 2.12. The van der Waals surface area contributed by atoms with E-state index < -0.39 is 0 Å². The van der Waals surface area contributed by atoms with Gasteiger partial charge in [0, 0.05) is 0 Å². The summed E-state index contributed by atoms with van der Waals surface area (Å²) < 4.78 is 4.18. The monoisotopic (exact) mass is 258 g/mol. The van der Waals surface area contributed by atoms with Gasteiger partial charge in [0.25, 0.3) is 0 Å². The minimum Gasteiger partial charge on any atom is -0.319 e. The highest BCUT2D eigenvalue weighted by Gasteiger charge is 2.08. The molecule has 0 aliphatic heterocycles. The van der Waals surface area contributed by atoms with Gasteiger partial charge < -0.3 is 9.13 Å². The molecule has 0 unspecified atom stereocenters. The van der Waals surface area contributed by atoms with E-state index >= 15 is 0 Å². The van der Waals surface area contributed by atoms with E-state index in [1.807, 2.05) is 11.6 Å². The number of benzene rings is 3. The first-order valence-electron chi connectivity index (χ1n) is 6.71. The van der Waals surface area contributed by atoms with Gasteiger partial charge in [0.2, 0.25) is 6.33 Å². The quantitative estimate of drug-likeness (QED) is 0.365. The van der Waals surface area contributed by atoms with Crippen LogP contribution in [0.4, 0.5) is 0 Å². The fourth-order valence-corrected chi connectivity index (χ4v) is 2.78. The summed E-state index contributed by atoms with van der Waals surface area (Å²) >= 11 is 0. The summed E-state index contributed by atoms with van der Waals surface area (Å²) in [5, 5.41) is 2.49. The van der Waals surface area contributed by atoms with Crippen LogP contribution in [0.3, 0.4) is 0 Å². The van der Waals surface area contributed by atoms with E-state index in [-0.39, 0.29) is 0 Å². The molecular weight excluding hydrogens is 244 g/mol. The van der Waals surface area contributed by atoms with Gasteiger partial charge in [-0.1, -0.05) is 66.7 Å². The second-order valence-corrected chi connectivity index (χ2v) is 4.98. The molecule has 2 nitrogen and oxygen atoms in total. The molecular formula is C18H14N2. The summed E-state index contributed by atoms with van der Waals surface area (Å²) in [4.78, 5) is 0. The lowest BCUT2D eigenvalue weighted by Crippen LogP contribution is -2.26. The van der Waals surface area contributed by atoms with Crippen molar-refractivity contribution in [3.63, 3.8) is 0 Å². The van der Waals surface area contributed by atoms with Crippen LogP contribution in [-0.4, -0.2) is 4.57 Å². The zero-order valence-electron chi connectivity index (χ0n) is 11.2. The van der Waals surface area contributed by atoms with Gasteiger partial charge >= 0.3 is 0 Å². The average Bonchev–Trinajstić information content (AvgIpc) is 2.84. The van der Waals surface area contributed by atoms with Crippen molar-refractivity contribution in [3.8, 4) is 5.69 Å². The lowest BCUT2D eigenvalue weighted by molar-refractivity contribution is -0.649. The average molecular weight is 258 g/mol. The molecule has 0 spiro atoms. The van der Waals surface area contributed by atoms with Crippen LogP contribution < -0.4 is 4.57 Å². The molecule has 0 bridgehead atoms. The third-order valence-electron chi connectivity index (χ3n) is 3.74. The Labute approximate surface area is 117 Å². The number of aromatic nitrogens is 2. The van der Waals surface area contributed by atoms with Crippen molar-refractivity contribution in [2.45, 2.75) is 0 Å². The molecule has 0 aliphatic carbocycles. The van der Waals surface area contributed by atoms with Crippen molar-refractivity contribution >= 4 is 21.8 Å². The first-order valence-corrected chi connectivity index (χ1v) is 6.71. The van der Waals surface area contributed by atoms with Crippen LogP contribution >= 0.6 is 0 Å². The molecule has 0 amide bonds. The van der Waals surface area contributed by atoms with E-state index in [4.69, 9.17) is 0 Å². The minimum atomic E-state index is 1.17. The number of nitrogens with zero attached hydrogens (tertiary/aromatic N) is 2. The highest BCUT2D eigenvalue weighted by molar-refractivity contribution is 5.91. The number of imidazole rings is 1. The maximum absolute atomic E-state index is 3.39. The van der Waals surface area contributed by atoms with Gasteiger partial charge in [-0.3, -0.25) is 0 Å². The van der Waals surface area contributed by atoms with Crippen molar-refractivity contribution in [2.75, 3.05) is 0 Å². The Kier molecular flexibility index (Phi) is 2.36. The Hall–Kier alpha value is -2.61. The van der Waals surface area contributed by atoms with E-state index in [1.165, 1.54) is 27.5 Å². The number of para-hydroxylation sites is 2. The van der Waals surface area contributed by atoms with Crippen LogP contribution in [-0.2, 0) is 7.05 Å². The van der Waals surface area contributed by atoms with Crippen LogP contribution in [0.25, 0.3) is 27.5 Å². The summed E-state index contributed by atoms with van der Waals surface area (Å²) in [5.41, 5.74) is 3.52. The highest BCUT2D eigenvalue weighted by atomic mass is 15.1. The van der Waals surface area contributed by atoms with Crippen LogP contribution in [0.15, 0.2) is 66.7 Å². The third kappa shape index (κ3) is 1.55. The molecule has 0 radical (unpaired) electrons. The van der Waals surface area contributed by atoms with Crippen molar-refractivity contribution in [2.24, 2.45) is 7.05 Å². The number of hydrogen-bond acceptors (Lipinski definition) is 0. The maximum atomic E-state index is 3.39. The van der Waals surface area contributed by atoms with E-state index in [9.17, 15) is 0 Å². The largest absolute Gasteiger partial charge is 0.319 e. The van der Waals surface area contributed by atoms with E-state index in [1.54, 1.807) is 0 Å². The minimum absolute atomic E-state index is 1.17. The van der Waals surface area contributed by atoms with Gasteiger partial charge in [-0.05, 0) is 10.8 Å². The van der Waals surface area contributed by atoms with E-state index in [0.717, 1.165) is 0 Å². The normalized spacial score (nSPS) is 11.2. The SMILES string of the molecule is C[n+]1[c-]n(-c2cccc3ccccc23)c2ccccc21. The van der Waals surface area contributed by atoms with Gasteiger partial charge in [-0.15, -0.1) is 0 Å². The predicted octanol–water partition coefficient (Wildman–Crippen LogP) is 3.41. The maximum Gasteiger partial charge on any atom is 0.244 e. The second kappa shape index (κ2) is 4.20. The van der Waals surface area contributed by atoms with Crippen molar-refractivity contribution in [3.05, 3.63) is 73.1 Å². The summed E-state index contributed by atoms with van der Waals surface area (Å²) in [6.45, 7) is 0. The molecule has 20 heavy (non-hydrogen) atoms. The molecule has 0 fully saturated rings. The molecule has 2 heteroatoms. The predicted molar refractivity (Wildman–Crippen MR) is 80.8 cm³/mol. The van der Waals surface area contributed by atoms with Gasteiger partial charge in [0.1, 0.15) is 0 Å². The Morgan fingerprint density at radius 1 is 0.850 bits per heavy atom. The second-order valence-electron chi connectivity index (χ2n) is 4.98. The van der Waals surface area contributed by atoms with Gasteiger partial charge in [0.05, 0.1) is 23.8 Å². The summed E-state index contributed by atoms with van der Waals surface area (Å²) in [5.74, 6) is 0. The molecule has 4 aromatic rings. The molecule has 0 N–H and O–H groups in total. The van der Waals surface area contributed by atoms with Crippen LogP contribution in [0.2, 0.25) is 0 Å². The summed E-state index contributed by atoms with van der Waals surface area (Å²) in [6.07, 6.45) is 3.39. The number of fused-ring (bicyclic) bond motifs is 2. The Morgan fingerprint density at radius 3 is 2.55 bits per heavy atom. The van der Waals surface area contributed by atoms with Gasteiger partial charge in [-0.25, -0.2) is 0 Å². The lowest BCUT2D eigenvalue weighted by atomic mass is 10.1. The zero-order valence-corrected chi connectivity index (χ0v) is 11.2. The number of rotatable bonds is 1. The van der Waals surface area contributed by atoms with Crippen LogP contribution in [0.5, 0.6) is 0 Å². The molecule has 0 saturated heterocycles. The molecule has 0 aliphatic rings. The van der Waals surface area contributed by atoms with E-state index in [2.05, 4.69) is 77.6 Å². The molecule has 0 saturated carbocycles. The number of hydrogen-bond donors (Lipinski definition) is 0. The Bertz CT molecular complexity index is 914. The Morgan fingerprint density at radius 2 is 1.60 bits per heavy atom. The zero-order chi connectivity index (χ0) is 13.5. The molecule has 96 valence electrons. The molecule has 1 aromatic heterocycles. The first-order chi connectivity index (χ1) is 9.84. The van der Waals surface area contributed by atoms with E-state index in [0.29, 0.717) is 0 Å². The smallest absolute Gasteiger partial charge is 0.244 e. The lowest BCUT2D eigenvalue weighted by Gasteiger charge is -2.09. The topological polar surface area (TPSA) is 8.81 Å². The van der Waals surface area contributed by atoms with Crippen molar-refractivity contribution in [1.29, 1.82) is 0 Å². The standard InChI is InChI=1S/C18H14N2/c1-19-13-20(18-11-5-4-10-17(18)19)16-12-6-8-14-7-2-3-9-15(14)16/h2-12H,1H3. The fourth-order valence-electron chi connectivity index (χ4n) is 2.78. The third-order valence-corrected chi connectivity index (χ3v) is 3.74. The van der Waals surface area contributed by atoms with Crippen molar-refractivity contribution < 1.29 is 4.57 Å². The fraction of sp³-hybridized carbons (Fsp3) is 0.0556. The molecule has 1 heterocycles. The van der Waals surface area contributed by atoms with Crippen LogP contribution in [0, 0.1) is 6.33 Å². The molecule has 0 atom stereocenters.